The lowest BCUT2D eigenvalue weighted by molar-refractivity contribution is 0.331. The van der Waals surface area contributed by atoms with Gasteiger partial charge in [-0.2, -0.15) is 0 Å². The third-order valence-electron chi connectivity index (χ3n) is 18.6. The van der Waals surface area contributed by atoms with Crippen LogP contribution in [0.4, 0.5) is 28.4 Å². The van der Waals surface area contributed by atoms with Gasteiger partial charge in [0.25, 0.3) is 0 Å². The summed E-state index contributed by atoms with van der Waals surface area (Å²) in [5.41, 5.74) is 26.0. The Morgan fingerprint density at radius 1 is 0.465 bits per heavy atom. The zero-order chi connectivity index (χ0) is 49.8. The summed E-state index contributed by atoms with van der Waals surface area (Å²) in [7, 11) is 0.799. The van der Waals surface area contributed by atoms with Gasteiger partial charge in [-0.05, 0) is 188 Å². The molecule has 0 fully saturated rings. The van der Waals surface area contributed by atoms with Gasteiger partial charge in [-0.25, -0.2) is 0 Å². The van der Waals surface area contributed by atoms with E-state index in [4.69, 9.17) is 4.42 Å². The molecule has 71 heavy (non-hydrogen) atoms. The highest BCUT2D eigenvalue weighted by Crippen LogP contribution is 2.55. The third kappa shape index (κ3) is 7.27. The van der Waals surface area contributed by atoms with Crippen LogP contribution in [-0.2, 0) is 32.5 Å². The maximum atomic E-state index is 7.29. The standard InChI is InChI=1S/C67H73BN2O/c1-40-33-48-52(66(10,11)31-27-62(48,2)3)38-56(40)70-57-39-53-50(64(6,7)29-32-67(53,12)13)36-54(57)68-59-46(34-47-44-21-17-18-22-58(44)71-61(47)60(59)70)45-35-49-51(65(8,9)30-28-63(49,4)5)37-55(45)69-43-25-23-42(24-26-43)41-19-15-14-16-20-41/h14-26,33-39,68-69H,27-32H2,1-13H3. The van der Waals surface area contributed by atoms with Crippen LogP contribution in [0.1, 0.15) is 161 Å². The lowest BCUT2D eigenvalue weighted by Crippen LogP contribution is -2.44. The Balaban J connectivity index is 1.18. The molecule has 1 N–H and O–H groups in total. The number of nitrogens with zero attached hydrogens (tertiary/aromatic N) is 1. The van der Waals surface area contributed by atoms with E-state index in [1.54, 1.807) is 0 Å². The fraction of sp³-hybridized carbons (Fsp3) is 0.373. The fourth-order valence-corrected chi connectivity index (χ4v) is 13.5. The highest BCUT2D eigenvalue weighted by molar-refractivity contribution is 6.74. The summed E-state index contributed by atoms with van der Waals surface area (Å²) in [4.78, 5) is 2.69. The zero-order valence-corrected chi connectivity index (χ0v) is 44.9. The Kier molecular flexibility index (Phi) is 10.1. The molecule has 4 aliphatic rings. The molecule has 2 heterocycles. The number of benzene rings is 7. The van der Waals surface area contributed by atoms with Crippen LogP contribution in [0, 0.1) is 6.92 Å². The number of hydrogen-bond donors (Lipinski definition) is 1. The third-order valence-corrected chi connectivity index (χ3v) is 18.6. The first-order valence-electron chi connectivity index (χ1n) is 26.8. The van der Waals surface area contributed by atoms with Crippen LogP contribution in [0.25, 0.3) is 44.2 Å². The minimum absolute atomic E-state index is 0.0128. The van der Waals surface area contributed by atoms with Crippen molar-refractivity contribution in [1.29, 1.82) is 0 Å². The van der Waals surface area contributed by atoms with Crippen molar-refractivity contribution in [3.63, 3.8) is 0 Å². The molecule has 4 heteroatoms. The Labute approximate surface area is 424 Å². The number of furan rings is 1. The number of nitrogens with one attached hydrogen (secondary N) is 1. The van der Waals surface area contributed by atoms with Crippen molar-refractivity contribution >= 4 is 68.6 Å². The van der Waals surface area contributed by atoms with Crippen molar-refractivity contribution in [3.05, 3.63) is 160 Å². The van der Waals surface area contributed by atoms with E-state index in [1.165, 1.54) is 102 Å². The zero-order valence-electron chi connectivity index (χ0n) is 44.9. The minimum Gasteiger partial charge on any atom is -0.454 e. The summed E-state index contributed by atoms with van der Waals surface area (Å²) in [5.74, 6) is 0. The first-order valence-corrected chi connectivity index (χ1v) is 26.8. The summed E-state index contributed by atoms with van der Waals surface area (Å²) in [6.07, 6.45) is 6.98. The first kappa shape index (κ1) is 46.1. The van der Waals surface area contributed by atoms with Crippen LogP contribution in [-0.4, -0.2) is 7.28 Å². The predicted molar refractivity (Wildman–Crippen MR) is 306 cm³/mol. The van der Waals surface area contributed by atoms with Crippen molar-refractivity contribution in [3.8, 4) is 22.3 Å². The lowest BCUT2D eigenvalue weighted by Gasteiger charge is -2.45. The van der Waals surface area contributed by atoms with Gasteiger partial charge in [0.15, 0.2) is 12.9 Å². The largest absolute Gasteiger partial charge is 0.454 e. The molecule has 0 saturated heterocycles. The van der Waals surface area contributed by atoms with E-state index in [2.05, 4.69) is 222 Å². The van der Waals surface area contributed by atoms with E-state index >= 15 is 0 Å². The van der Waals surface area contributed by atoms with Gasteiger partial charge >= 0.3 is 0 Å². The van der Waals surface area contributed by atoms with Crippen LogP contribution in [0.15, 0.2) is 126 Å². The molecule has 0 unspecified atom stereocenters. The molecule has 3 nitrogen and oxygen atoms in total. The molecule has 0 spiro atoms. The number of para-hydroxylation sites is 1. The molecule has 3 aliphatic carbocycles. The molecule has 0 bridgehead atoms. The van der Waals surface area contributed by atoms with Gasteiger partial charge < -0.3 is 14.6 Å². The monoisotopic (exact) mass is 933 g/mol. The highest BCUT2D eigenvalue weighted by Gasteiger charge is 2.44. The van der Waals surface area contributed by atoms with Gasteiger partial charge in [-0.15, -0.1) is 0 Å². The topological polar surface area (TPSA) is 28.4 Å². The summed E-state index contributed by atoms with van der Waals surface area (Å²) in [5, 5.41) is 6.41. The molecular weight excluding hydrogens is 860 g/mol. The molecule has 1 aliphatic heterocycles. The molecule has 7 aromatic carbocycles. The van der Waals surface area contributed by atoms with Crippen molar-refractivity contribution in [2.75, 3.05) is 10.2 Å². The molecule has 8 aromatic rings. The number of rotatable bonds is 5. The van der Waals surface area contributed by atoms with Gasteiger partial charge in [0.1, 0.15) is 5.58 Å². The molecule has 0 radical (unpaired) electrons. The maximum Gasteiger partial charge on any atom is 0.198 e. The van der Waals surface area contributed by atoms with E-state index in [-0.39, 0.29) is 32.5 Å². The molecule has 12 rings (SSSR count). The van der Waals surface area contributed by atoms with E-state index < -0.39 is 0 Å². The van der Waals surface area contributed by atoms with Crippen molar-refractivity contribution in [2.45, 2.75) is 161 Å². The van der Waals surface area contributed by atoms with Gasteiger partial charge in [-0.1, -0.05) is 161 Å². The van der Waals surface area contributed by atoms with Crippen LogP contribution < -0.4 is 21.1 Å². The van der Waals surface area contributed by atoms with Gasteiger partial charge in [0.05, 0.1) is 5.69 Å². The molecule has 1 aromatic heterocycles. The highest BCUT2D eigenvalue weighted by atomic mass is 16.3. The Morgan fingerprint density at radius 2 is 0.958 bits per heavy atom. The van der Waals surface area contributed by atoms with Crippen molar-refractivity contribution < 1.29 is 4.42 Å². The Morgan fingerprint density at radius 3 is 1.56 bits per heavy atom. The molecule has 0 amide bonds. The summed E-state index contributed by atoms with van der Waals surface area (Å²) < 4.78 is 7.29. The second-order valence-corrected chi connectivity index (χ2v) is 26.3. The van der Waals surface area contributed by atoms with Crippen LogP contribution in [0.3, 0.4) is 0 Å². The van der Waals surface area contributed by atoms with E-state index in [0.717, 1.165) is 66.3 Å². The molecule has 0 atom stereocenters. The Hall–Kier alpha value is -6.00. The summed E-state index contributed by atoms with van der Waals surface area (Å²) >= 11 is 0. The molecular formula is C67H73BN2O. The summed E-state index contributed by atoms with van der Waals surface area (Å²) in [6, 6.07) is 46.5. The van der Waals surface area contributed by atoms with Gasteiger partial charge in [0.2, 0.25) is 0 Å². The number of anilines is 5. The quantitative estimate of drug-likeness (QED) is 0.174. The Bertz CT molecular complexity index is 3460. The van der Waals surface area contributed by atoms with Crippen LogP contribution in [0.2, 0.25) is 0 Å². The van der Waals surface area contributed by atoms with Crippen LogP contribution in [0.5, 0.6) is 0 Å². The van der Waals surface area contributed by atoms with Gasteiger partial charge in [0, 0.05) is 39.1 Å². The van der Waals surface area contributed by atoms with E-state index in [0.29, 0.717) is 0 Å². The van der Waals surface area contributed by atoms with Crippen molar-refractivity contribution in [2.24, 2.45) is 0 Å². The molecule has 0 saturated carbocycles. The second kappa shape index (κ2) is 15.5. The van der Waals surface area contributed by atoms with Gasteiger partial charge in [-0.3, -0.25) is 0 Å². The van der Waals surface area contributed by atoms with E-state index in [9.17, 15) is 0 Å². The number of aryl methyl sites for hydroxylation is 1. The average Bonchev–Trinajstić information content (AvgIpc) is 3.71. The second-order valence-electron chi connectivity index (χ2n) is 26.3. The van der Waals surface area contributed by atoms with Crippen molar-refractivity contribution in [1.82, 2.24) is 0 Å². The maximum absolute atomic E-state index is 7.29. The lowest BCUT2D eigenvalue weighted by atomic mass is 9.54. The predicted octanol–water partition coefficient (Wildman–Crippen LogP) is 17.2. The fourth-order valence-electron chi connectivity index (χ4n) is 13.5. The number of fused-ring (bicyclic) bond motifs is 9. The van der Waals surface area contributed by atoms with E-state index in [1.807, 2.05) is 0 Å². The smallest absolute Gasteiger partial charge is 0.198 e. The summed E-state index contributed by atoms with van der Waals surface area (Å²) in [6.45, 7) is 31.9. The average molecular weight is 933 g/mol. The minimum atomic E-state index is 0.0128. The van der Waals surface area contributed by atoms with Crippen LogP contribution >= 0.6 is 0 Å². The number of hydrogen-bond acceptors (Lipinski definition) is 3. The molecule has 360 valence electrons. The normalized spacial score (nSPS) is 19.5. The first-order chi connectivity index (χ1) is 33.5. The SMILES string of the molecule is Cc1cc2c(cc1N1c3cc4c(cc3Bc3c(-c5cc6c(cc5Nc5ccc(-c7ccccc7)cc5)C(C)(C)CCC6(C)C)cc5c(oc6ccccc65)c31)C(C)(C)CCC4(C)C)C(C)(C)CCC2(C)C.